The fraction of sp³-hybridized carbons (Fsp3) is 0.684. The second kappa shape index (κ2) is 12.2. The highest BCUT2D eigenvalue weighted by atomic mass is 35.5. The van der Waals surface area contributed by atoms with Crippen molar-refractivity contribution >= 4 is 94.8 Å². The van der Waals surface area contributed by atoms with Crippen LogP contribution < -0.4 is 0 Å². The maximum Gasteiger partial charge on any atom is 0.525 e. The molecule has 16 nitrogen and oxygen atoms in total. The molecule has 0 saturated carbocycles. The number of nitrogens with zero attached hydrogens (tertiary/aromatic N) is 8. The molecule has 0 radical (unpaired) electrons. The molecule has 10 amide bonds. The Bertz CT molecular complexity index is 1110. The Morgan fingerprint density at radius 3 is 1.77 bits per heavy atom. The van der Waals surface area contributed by atoms with Crippen LogP contribution >= 0.6 is 58.9 Å². The number of carbonyl (C=O) groups is 6. The number of quaternary nitrogens is 3. The lowest BCUT2D eigenvalue weighted by Gasteiger charge is -2.33. The highest BCUT2D eigenvalue weighted by Gasteiger charge is 2.72. The summed E-state index contributed by atoms with van der Waals surface area (Å²) in [6.45, 7) is 0.995. The van der Waals surface area contributed by atoms with Gasteiger partial charge in [-0.3, -0.25) is 4.79 Å². The van der Waals surface area contributed by atoms with Crippen LogP contribution in [-0.4, -0.2) is 142 Å². The minimum Gasteiger partial charge on any atom is -0.347 e. The maximum absolute atomic E-state index is 13.4. The fourth-order valence-corrected chi connectivity index (χ4v) is 5.93. The number of aliphatic hydroxyl groups is 2. The van der Waals surface area contributed by atoms with Gasteiger partial charge in [-0.15, -0.1) is 8.90 Å². The molecule has 0 aromatic rings. The second-order valence-corrected chi connectivity index (χ2v) is 11.9. The first kappa shape index (κ1) is 34.5. The third-order valence-electron chi connectivity index (χ3n) is 7.09. The SMILES string of the molecule is CCC(C)C[N+]1(C)C(=O)C(N(Cl)C(=O)N(Cl)CN(Cl)C(=O)N(Cl)C2C(=O)N(Cl)C(=O)[N+]2(C)CO)[N+](C)(CO)C1=O. The number of hydrogen-bond donors (Lipinski definition) is 2. The summed E-state index contributed by atoms with van der Waals surface area (Å²) in [7, 11) is 3.67. The second-order valence-electron chi connectivity index (χ2n) is 10.0. The first-order valence-electron chi connectivity index (χ1n) is 11.6. The number of urea groups is 4. The van der Waals surface area contributed by atoms with Gasteiger partial charge in [-0.05, 0) is 6.42 Å². The highest BCUT2D eigenvalue weighted by molar-refractivity contribution is 6.34. The smallest absolute Gasteiger partial charge is 0.347 e. The minimum absolute atomic E-state index is 0.0682. The number of likely N-dealkylation sites (N-methyl/N-ethyl adjacent to an activating group) is 3. The zero-order valence-corrected chi connectivity index (χ0v) is 25.9. The molecule has 40 heavy (non-hydrogen) atoms. The van der Waals surface area contributed by atoms with Gasteiger partial charge in [-0.25, -0.2) is 28.0 Å². The van der Waals surface area contributed by atoms with Gasteiger partial charge in [0.25, 0.3) is 6.17 Å². The van der Waals surface area contributed by atoms with Crippen LogP contribution in [0.25, 0.3) is 0 Å². The van der Waals surface area contributed by atoms with E-state index < -0.39 is 81.8 Å². The van der Waals surface area contributed by atoms with E-state index in [1.807, 2.05) is 13.8 Å². The van der Waals surface area contributed by atoms with Gasteiger partial charge in [0, 0.05) is 64.8 Å². The van der Waals surface area contributed by atoms with Crippen molar-refractivity contribution < 1.29 is 52.4 Å². The molecular formula is C19H30Cl5N8O8+3. The molecule has 2 saturated heterocycles. The number of halogens is 5. The summed E-state index contributed by atoms with van der Waals surface area (Å²) in [5, 5.41) is 19.7. The van der Waals surface area contributed by atoms with Crippen molar-refractivity contribution in [1.29, 1.82) is 0 Å². The summed E-state index contributed by atoms with van der Waals surface area (Å²) in [5.41, 5.74) is 0. The van der Waals surface area contributed by atoms with E-state index in [-0.39, 0.29) is 30.1 Å². The van der Waals surface area contributed by atoms with Gasteiger partial charge >= 0.3 is 42.1 Å². The summed E-state index contributed by atoms with van der Waals surface area (Å²) >= 11 is 29.8. The van der Waals surface area contributed by atoms with Crippen molar-refractivity contribution in [1.82, 2.24) is 22.1 Å². The molecule has 226 valence electrons. The predicted octanol–water partition coefficient (Wildman–Crippen LogP) is 1.72. The predicted molar refractivity (Wildman–Crippen MR) is 140 cm³/mol. The van der Waals surface area contributed by atoms with Crippen LogP contribution in [0.2, 0.25) is 0 Å². The number of carbonyl (C=O) groups excluding carboxylic acids is 6. The summed E-state index contributed by atoms with van der Waals surface area (Å²) in [4.78, 5) is 77.3. The van der Waals surface area contributed by atoms with E-state index in [0.29, 0.717) is 10.8 Å². The zero-order valence-electron chi connectivity index (χ0n) is 22.1. The molecule has 2 rings (SSSR count). The van der Waals surface area contributed by atoms with Gasteiger partial charge in [0.1, 0.15) is 13.2 Å². The molecule has 2 aliphatic rings. The average Bonchev–Trinajstić information content (AvgIpc) is 3.18. The minimum atomic E-state index is -1.83. The van der Waals surface area contributed by atoms with Crippen LogP contribution in [0, 0.1) is 5.92 Å². The topological polar surface area (TPSA) is 159 Å². The molecule has 0 spiro atoms. The molecule has 6 unspecified atom stereocenters. The molecule has 2 N–H and O–H groups in total. The standard InChI is InChI=1S/C19H30Cl5N8O8/c1-6-11(2)7-30(3)15(36)13(32(5,10-34)19(30)40)28(23)17(38)26(21)8-25(20)16(37)27(22)12-14(35)29(24)18(39)31(12,4)9-33/h11-13,33-34H,6-10H2,1-5H3/q+3. The largest absolute Gasteiger partial charge is 0.525 e. The van der Waals surface area contributed by atoms with E-state index in [2.05, 4.69) is 0 Å². The first-order chi connectivity index (χ1) is 18.3. The maximum atomic E-state index is 13.4. The number of rotatable bonds is 9. The van der Waals surface area contributed by atoms with Crippen LogP contribution in [0.5, 0.6) is 0 Å². The fourth-order valence-electron chi connectivity index (χ4n) is 4.43. The van der Waals surface area contributed by atoms with Gasteiger partial charge in [-0.1, -0.05) is 13.8 Å². The third kappa shape index (κ3) is 5.42. The van der Waals surface area contributed by atoms with E-state index in [0.717, 1.165) is 7.05 Å². The monoisotopic (exact) mass is 673 g/mol. The van der Waals surface area contributed by atoms with Crippen molar-refractivity contribution in [2.24, 2.45) is 5.92 Å². The van der Waals surface area contributed by atoms with Gasteiger partial charge in [0.15, 0.2) is 13.5 Å². The van der Waals surface area contributed by atoms with Crippen molar-refractivity contribution in [3.05, 3.63) is 0 Å². The summed E-state index contributed by atoms with van der Waals surface area (Å²) in [5.74, 6) is -2.00. The van der Waals surface area contributed by atoms with Gasteiger partial charge in [0.05, 0.1) is 21.1 Å². The van der Waals surface area contributed by atoms with E-state index in [1.165, 1.54) is 14.1 Å². The Labute approximate surface area is 255 Å². The molecule has 0 aromatic heterocycles. The zero-order chi connectivity index (χ0) is 31.1. The van der Waals surface area contributed by atoms with Crippen molar-refractivity contribution in [3.63, 3.8) is 0 Å². The van der Waals surface area contributed by atoms with Crippen LogP contribution in [0.4, 0.5) is 19.2 Å². The average molecular weight is 676 g/mol. The normalized spacial score (nSPS) is 31.1. The number of amides is 10. The highest BCUT2D eigenvalue weighted by Crippen LogP contribution is 2.35. The van der Waals surface area contributed by atoms with Crippen molar-refractivity contribution in [2.75, 3.05) is 47.8 Å². The molecule has 2 fully saturated rings. The van der Waals surface area contributed by atoms with E-state index in [9.17, 15) is 39.0 Å². The lowest BCUT2D eigenvalue weighted by Crippen LogP contribution is -2.61. The van der Waals surface area contributed by atoms with Gasteiger partial charge < -0.3 is 10.2 Å². The summed E-state index contributed by atoms with van der Waals surface area (Å²) < 4.78 is -1.66. The molecule has 2 aliphatic heterocycles. The quantitative estimate of drug-likeness (QED) is 0.162. The molecule has 0 aliphatic carbocycles. The lowest BCUT2D eigenvalue weighted by atomic mass is 10.1. The Balaban J connectivity index is 2.24. The van der Waals surface area contributed by atoms with Crippen LogP contribution in [0.3, 0.4) is 0 Å². The first-order valence-corrected chi connectivity index (χ1v) is 13.3. The lowest BCUT2D eigenvalue weighted by molar-refractivity contribution is -0.910. The Morgan fingerprint density at radius 2 is 1.35 bits per heavy atom. The number of hydrogen-bond acceptors (Lipinski definition) is 8. The Kier molecular flexibility index (Phi) is 10.6. The van der Waals surface area contributed by atoms with E-state index >= 15 is 0 Å². The van der Waals surface area contributed by atoms with Crippen molar-refractivity contribution in [2.45, 2.75) is 32.6 Å². The van der Waals surface area contributed by atoms with Crippen LogP contribution in [0.1, 0.15) is 20.3 Å². The molecular weight excluding hydrogens is 646 g/mol. The number of aliphatic hydroxyl groups excluding tert-OH is 2. The van der Waals surface area contributed by atoms with E-state index in [1.54, 1.807) is 0 Å². The molecule has 2 heterocycles. The van der Waals surface area contributed by atoms with Crippen LogP contribution in [-0.2, 0) is 9.59 Å². The molecule has 6 atom stereocenters. The molecule has 0 bridgehead atoms. The summed E-state index contributed by atoms with van der Waals surface area (Å²) in [6.07, 6.45) is -2.89. The van der Waals surface area contributed by atoms with Crippen molar-refractivity contribution in [3.8, 4) is 0 Å². The van der Waals surface area contributed by atoms with E-state index in [4.69, 9.17) is 58.9 Å². The molecule has 21 heteroatoms. The van der Waals surface area contributed by atoms with Gasteiger partial charge in [0.2, 0.25) is 0 Å². The number of imide groups is 2. The Morgan fingerprint density at radius 1 is 0.900 bits per heavy atom. The van der Waals surface area contributed by atoms with Gasteiger partial charge in [-0.2, -0.15) is 22.6 Å². The summed E-state index contributed by atoms with van der Waals surface area (Å²) in [6, 6.07) is -4.46. The van der Waals surface area contributed by atoms with Crippen LogP contribution in [0.15, 0.2) is 0 Å². The molecule has 0 aromatic carbocycles. The Hall–Kier alpha value is -1.73. The third-order valence-corrected chi connectivity index (χ3v) is 8.56.